The fourth-order valence-corrected chi connectivity index (χ4v) is 9.31. The molecule has 6 heteroatoms. The normalized spacial score (nSPS) is 12.9. The fourth-order valence-electron chi connectivity index (χ4n) is 9.31. The average molecular weight is 983 g/mol. The number of carbonyl (C=O) groups is 2. The van der Waals surface area contributed by atoms with Crippen LogP contribution in [0.5, 0.6) is 0 Å². The molecule has 410 valence electrons. The number of unbranched alkanes of at least 4 members (excludes halogenated alkanes) is 40. The van der Waals surface area contributed by atoms with Crippen LogP contribution in [0.1, 0.15) is 322 Å². The van der Waals surface area contributed by atoms with Crippen LogP contribution in [0.4, 0.5) is 0 Å². The van der Waals surface area contributed by atoms with E-state index >= 15 is 0 Å². The van der Waals surface area contributed by atoms with Gasteiger partial charge in [-0.2, -0.15) is 0 Å². The van der Waals surface area contributed by atoms with Crippen molar-refractivity contribution in [2.75, 3.05) is 13.2 Å². The van der Waals surface area contributed by atoms with E-state index in [9.17, 15) is 19.8 Å². The summed E-state index contributed by atoms with van der Waals surface area (Å²) >= 11 is 0. The quantitative estimate of drug-likeness (QED) is 0.0321. The van der Waals surface area contributed by atoms with E-state index in [2.05, 4.69) is 55.6 Å². The Balaban J connectivity index is 3.54. The summed E-state index contributed by atoms with van der Waals surface area (Å²) in [6.45, 7) is 4.81. The number of aliphatic hydroxyl groups excluding tert-OH is 2. The number of amides is 1. The maximum absolute atomic E-state index is 12.5. The first-order chi connectivity index (χ1) is 34.5. The van der Waals surface area contributed by atoms with Crippen LogP contribution in [0, 0.1) is 0 Å². The molecule has 1 amide bonds. The van der Waals surface area contributed by atoms with Crippen LogP contribution in [0.2, 0.25) is 0 Å². The van der Waals surface area contributed by atoms with Crippen LogP contribution < -0.4 is 5.32 Å². The zero-order valence-electron chi connectivity index (χ0n) is 46.7. The Kier molecular flexibility index (Phi) is 57.5. The minimum atomic E-state index is -0.869. The van der Waals surface area contributed by atoms with Gasteiger partial charge >= 0.3 is 5.97 Å². The third kappa shape index (κ3) is 55.1. The molecule has 70 heavy (non-hydrogen) atoms. The van der Waals surface area contributed by atoms with Crippen molar-refractivity contribution in [3.63, 3.8) is 0 Å². The van der Waals surface area contributed by atoms with Crippen LogP contribution >= 0.6 is 0 Å². The summed E-state index contributed by atoms with van der Waals surface area (Å²) in [6.07, 6.45) is 75.8. The Labute approximate surface area is 436 Å². The number of aliphatic hydroxyl groups is 2. The van der Waals surface area contributed by atoms with E-state index in [0.717, 1.165) is 83.5 Å². The highest BCUT2D eigenvalue weighted by molar-refractivity contribution is 5.76. The molecule has 0 saturated carbocycles. The van der Waals surface area contributed by atoms with E-state index in [1.165, 1.54) is 212 Å². The average Bonchev–Trinajstić information content (AvgIpc) is 3.36. The fraction of sp³-hybridized carbons (Fsp3) is 0.844. The van der Waals surface area contributed by atoms with Crippen molar-refractivity contribution in [2.24, 2.45) is 0 Å². The first-order valence-electron chi connectivity index (χ1n) is 30.9. The van der Waals surface area contributed by atoms with Gasteiger partial charge in [-0.3, -0.25) is 9.59 Å². The highest BCUT2D eigenvalue weighted by Crippen LogP contribution is 2.17. The maximum Gasteiger partial charge on any atom is 0.305 e. The molecule has 2 atom stereocenters. The maximum atomic E-state index is 12.5. The molecule has 2 unspecified atom stereocenters. The van der Waals surface area contributed by atoms with E-state index in [4.69, 9.17) is 4.74 Å². The van der Waals surface area contributed by atoms with Gasteiger partial charge in [0.25, 0.3) is 0 Å². The number of ether oxygens (including phenoxy) is 1. The summed E-state index contributed by atoms with van der Waals surface area (Å²) in [6, 6.07) is -0.656. The van der Waals surface area contributed by atoms with E-state index < -0.39 is 12.1 Å². The molecule has 0 saturated heterocycles. The first-order valence-corrected chi connectivity index (χ1v) is 30.9. The second kappa shape index (κ2) is 59.4. The van der Waals surface area contributed by atoms with Gasteiger partial charge in [0.15, 0.2) is 0 Å². The SMILES string of the molecule is CCCCCC/C=C\C/C=C\CCCCCCCCCC(=O)OCCCC/C=C\CCCCCCC(=O)NC(CO)C(O)/C=C/CCCCCCCCCCCCCCCCCCCCCCCCC. The lowest BCUT2D eigenvalue weighted by molar-refractivity contribution is -0.143. The van der Waals surface area contributed by atoms with Gasteiger partial charge in [-0.25, -0.2) is 0 Å². The van der Waals surface area contributed by atoms with Gasteiger partial charge in [-0.1, -0.05) is 268 Å². The smallest absolute Gasteiger partial charge is 0.305 e. The van der Waals surface area contributed by atoms with Crippen LogP contribution in [-0.2, 0) is 14.3 Å². The molecule has 0 aliphatic rings. The highest BCUT2D eigenvalue weighted by Gasteiger charge is 2.18. The lowest BCUT2D eigenvalue weighted by Crippen LogP contribution is -2.45. The standard InChI is InChI=1S/C64H119NO5/c1-3-5-7-9-11-13-15-17-19-21-23-24-25-26-27-28-29-30-32-34-36-40-44-48-52-56-62(67)61(60-66)65-63(68)57-53-49-45-41-38-39-43-47-51-55-59-70-64(69)58-54-50-46-42-37-35-33-31-22-20-18-16-14-12-10-8-6-4-2/h14,16,20,22,39,43,52,56,61-62,66-67H,3-13,15,17-19,21,23-38,40-42,44-51,53-55,57-60H2,1-2H3,(H,65,68)/b16-14-,22-20-,43-39-,56-52+. The second-order valence-electron chi connectivity index (χ2n) is 21.0. The van der Waals surface area contributed by atoms with Gasteiger partial charge in [0, 0.05) is 12.8 Å². The Morgan fingerprint density at radius 3 is 1.11 bits per heavy atom. The predicted octanol–water partition coefficient (Wildman–Crippen LogP) is 19.4. The number of hydrogen-bond donors (Lipinski definition) is 3. The van der Waals surface area contributed by atoms with Crippen molar-refractivity contribution in [1.82, 2.24) is 5.32 Å². The van der Waals surface area contributed by atoms with Crippen LogP contribution in [-0.4, -0.2) is 47.4 Å². The lowest BCUT2D eigenvalue weighted by atomic mass is 10.0. The van der Waals surface area contributed by atoms with Crippen molar-refractivity contribution >= 4 is 11.9 Å². The molecule has 0 aliphatic carbocycles. The molecular weight excluding hydrogens is 863 g/mol. The Hall–Kier alpha value is -2.18. The third-order valence-corrected chi connectivity index (χ3v) is 14.1. The summed E-state index contributed by atoms with van der Waals surface area (Å²) in [5.74, 6) is -0.148. The number of nitrogens with one attached hydrogen (secondary N) is 1. The van der Waals surface area contributed by atoms with Gasteiger partial charge < -0.3 is 20.3 Å². The summed E-state index contributed by atoms with van der Waals surface area (Å²) in [5.41, 5.74) is 0. The molecule has 0 radical (unpaired) electrons. The van der Waals surface area contributed by atoms with Crippen molar-refractivity contribution in [2.45, 2.75) is 334 Å². The molecule has 6 nitrogen and oxygen atoms in total. The van der Waals surface area contributed by atoms with Crippen molar-refractivity contribution in [3.05, 3.63) is 48.6 Å². The van der Waals surface area contributed by atoms with Gasteiger partial charge in [-0.05, 0) is 89.9 Å². The van der Waals surface area contributed by atoms with Crippen LogP contribution in [0.15, 0.2) is 48.6 Å². The lowest BCUT2D eigenvalue weighted by Gasteiger charge is -2.20. The van der Waals surface area contributed by atoms with E-state index in [1.54, 1.807) is 6.08 Å². The summed E-state index contributed by atoms with van der Waals surface area (Å²) in [5, 5.41) is 23.2. The zero-order valence-corrected chi connectivity index (χ0v) is 46.7. The topological polar surface area (TPSA) is 95.9 Å². The summed E-state index contributed by atoms with van der Waals surface area (Å²) in [4.78, 5) is 24.6. The molecule has 0 fully saturated rings. The minimum absolute atomic E-state index is 0.0454. The van der Waals surface area contributed by atoms with E-state index in [0.29, 0.717) is 19.4 Å². The predicted molar refractivity (Wildman–Crippen MR) is 306 cm³/mol. The van der Waals surface area contributed by atoms with Gasteiger partial charge in [0.05, 0.1) is 25.4 Å². The van der Waals surface area contributed by atoms with Crippen molar-refractivity contribution in [1.29, 1.82) is 0 Å². The molecule has 0 aromatic heterocycles. The summed E-state index contributed by atoms with van der Waals surface area (Å²) < 4.78 is 5.45. The van der Waals surface area contributed by atoms with Crippen molar-refractivity contribution < 1.29 is 24.5 Å². The Morgan fingerprint density at radius 2 is 0.714 bits per heavy atom. The molecular formula is C64H119NO5. The Morgan fingerprint density at radius 1 is 0.400 bits per heavy atom. The van der Waals surface area contributed by atoms with Crippen LogP contribution in [0.3, 0.4) is 0 Å². The van der Waals surface area contributed by atoms with Gasteiger partial charge in [0.1, 0.15) is 0 Å². The van der Waals surface area contributed by atoms with Crippen molar-refractivity contribution in [3.8, 4) is 0 Å². The van der Waals surface area contributed by atoms with E-state index in [-0.39, 0.29) is 18.5 Å². The number of esters is 1. The van der Waals surface area contributed by atoms with Gasteiger partial charge in [0.2, 0.25) is 5.91 Å². The number of carbonyl (C=O) groups excluding carboxylic acids is 2. The number of rotatable bonds is 57. The molecule has 0 heterocycles. The molecule has 0 rings (SSSR count). The number of allylic oxidation sites excluding steroid dienone is 7. The van der Waals surface area contributed by atoms with E-state index in [1.807, 2.05) is 6.08 Å². The third-order valence-electron chi connectivity index (χ3n) is 14.1. The molecule has 0 aliphatic heterocycles. The van der Waals surface area contributed by atoms with Gasteiger partial charge in [-0.15, -0.1) is 0 Å². The molecule has 0 aromatic rings. The minimum Gasteiger partial charge on any atom is -0.466 e. The first kappa shape index (κ1) is 67.8. The molecule has 3 N–H and O–H groups in total. The highest BCUT2D eigenvalue weighted by atomic mass is 16.5. The summed E-state index contributed by atoms with van der Waals surface area (Å²) in [7, 11) is 0. The monoisotopic (exact) mass is 982 g/mol. The largest absolute Gasteiger partial charge is 0.466 e. The van der Waals surface area contributed by atoms with Crippen LogP contribution in [0.25, 0.3) is 0 Å². The zero-order chi connectivity index (χ0) is 50.7. The molecule has 0 spiro atoms. The second-order valence-corrected chi connectivity index (χ2v) is 21.0. The Bertz CT molecular complexity index is 1180. The molecule has 0 aromatic carbocycles. The number of hydrogen-bond acceptors (Lipinski definition) is 5. The molecule has 0 bridgehead atoms.